The second-order valence-corrected chi connectivity index (χ2v) is 6.02. The zero-order valence-electron chi connectivity index (χ0n) is 13.1. The number of hydrogen-bond donors (Lipinski definition) is 2. The summed E-state index contributed by atoms with van der Waals surface area (Å²) in [5, 5.41) is 12.0. The van der Waals surface area contributed by atoms with Gasteiger partial charge in [-0.2, -0.15) is 0 Å². The van der Waals surface area contributed by atoms with Gasteiger partial charge >= 0.3 is 5.97 Å². The van der Waals surface area contributed by atoms with Crippen LogP contribution < -0.4 is 5.32 Å². The Kier molecular flexibility index (Phi) is 5.19. The third-order valence-electron chi connectivity index (χ3n) is 4.36. The van der Waals surface area contributed by atoms with E-state index in [2.05, 4.69) is 5.32 Å². The second kappa shape index (κ2) is 6.92. The van der Waals surface area contributed by atoms with Gasteiger partial charge in [-0.15, -0.1) is 0 Å². The highest BCUT2D eigenvalue weighted by Crippen LogP contribution is 2.30. The number of rotatable bonds is 5. The lowest BCUT2D eigenvalue weighted by molar-refractivity contribution is -0.0363. The van der Waals surface area contributed by atoms with Gasteiger partial charge in [0, 0.05) is 19.2 Å². The molecule has 0 aromatic heterocycles. The quantitative estimate of drug-likeness (QED) is 0.877. The molecule has 0 saturated heterocycles. The number of ether oxygens (including phenoxy) is 1. The van der Waals surface area contributed by atoms with E-state index in [1.807, 2.05) is 0 Å². The molecule has 1 amide bonds. The van der Waals surface area contributed by atoms with Crippen LogP contribution in [0.15, 0.2) is 18.2 Å². The molecular weight excluding hydrogens is 282 g/mol. The van der Waals surface area contributed by atoms with Crippen molar-refractivity contribution >= 4 is 11.9 Å². The van der Waals surface area contributed by atoms with Crippen molar-refractivity contribution in [2.75, 3.05) is 13.7 Å². The molecule has 1 aromatic rings. The Balaban J connectivity index is 2.07. The van der Waals surface area contributed by atoms with E-state index >= 15 is 0 Å². The van der Waals surface area contributed by atoms with Crippen LogP contribution >= 0.6 is 0 Å². The summed E-state index contributed by atoms with van der Waals surface area (Å²) in [7, 11) is 1.69. The summed E-state index contributed by atoms with van der Waals surface area (Å²) in [6.45, 7) is 2.24. The molecule has 2 N–H and O–H groups in total. The molecule has 1 aromatic carbocycles. The minimum atomic E-state index is -1.03. The molecule has 0 unspecified atom stereocenters. The normalized spacial score (nSPS) is 17.0. The first-order valence-electron chi connectivity index (χ1n) is 7.64. The summed E-state index contributed by atoms with van der Waals surface area (Å²) in [6, 6.07) is 4.66. The van der Waals surface area contributed by atoms with Crippen LogP contribution in [0.25, 0.3) is 0 Å². The Hall–Kier alpha value is -1.88. The zero-order chi connectivity index (χ0) is 16.2. The van der Waals surface area contributed by atoms with E-state index in [0.29, 0.717) is 12.1 Å². The fourth-order valence-corrected chi connectivity index (χ4v) is 3.03. The first-order valence-corrected chi connectivity index (χ1v) is 7.64. The van der Waals surface area contributed by atoms with Gasteiger partial charge in [-0.1, -0.05) is 19.3 Å². The maximum Gasteiger partial charge on any atom is 0.335 e. The molecule has 5 heteroatoms. The van der Waals surface area contributed by atoms with E-state index in [4.69, 9.17) is 9.84 Å². The monoisotopic (exact) mass is 305 g/mol. The van der Waals surface area contributed by atoms with Crippen LogP contribution in [-0.2, 0) is 4.74 Å². The zero-order valence-corrected chi connectivity index (χ0v) is 13.1. The predicted molar refractivity (Wildman–Crippen MR) is 83.3 cm³/mol. The maximum absolute atomic E-state index is 12.3. The summed E-state index contributed by atoms with van der Waals surface area (Å²) in [5.74, 6) is -1.29. The molecular formula is C17H23NO4. The number of carbonyl (C=O) groups is 2. The molecule has 1 fully saturated rings. The molecule has 0 spiro atoms. The first kappa shape index (κ1) is 16.5. The van der Waals surface area contributed by atoms with Crippen molar-refractivity contribution in [2.24, 2.45) is 0 Å². The van der Waals surface area contributed by atoms with Crippen molar-refractivity contribution in [1.29, 1.82) is 0 Å². The molecule has 1 aliphatic carbocycles. The average molecular weight is 305 g/mol. The van der Waals surface area contributed by atoms with Crippen molar-refractivity contribution in [3.8, 4) is 0 Å². The smallest absolute Gasteiger partial charge is 0.335 e. The SMILES string of the molecule is COC1(CNC(=O)c2cc(C)cc(C(=O)O)c2)CCCCC1. The van der Waals surface area contributed by atoms with Gasteiger partial charge in [0.05, 0.1) is 11.2 Å². The van der Waals surface area contributed by atoms with Crippen molar-refractivity contribution in [3.05, 3.63) is 34.9 Å². The maximum atomic E-state index is 12.3. The molecule has 120 valence electrons. The van der Waals surface area contributed by atoms with Gasteiger partial charge in [-0.05, 0) is 43.5 Å². The lowest BCUT2D eigenvalue weighted by Crippen LogP contribution is -2.45. The average Bonchev–Trinajstić information content (AvgIpc) is 2.53. The van der Waals surface area contributed by atoms with Gasteiger partial charge in [0.15, 0.2) is 0 Å². The Bertz CT molecular complexity index is 562. The van der Waals surface area contributed by atoms with E-state index in [9.17, 15) is 9.59 Å². The number of methoxy groups -OCH3 is 1. The largest absolute Gasteiger partial charge is 0.478 e. The van der Waals surface area contributed by atoms with Crippen LogP contribution in [0.2, 0.25) is 0 Å². The highest BCUT2D eigenvalue weighted by atomic mass is 16.5. The van der Waals surface area contributed by atoms with Crippen LogP contribution in [0, 0.1) is 6.92 Å². The second-order valence-electron chi connectivity index (χ2n) is 6.02. The van der Waals surface area contributed by atoms with Gasteiger partial charge in [0.1, 0.15) is 0 Å². The Morgan fingerprint density at radius 2 is 1.82 bits per heavy atom. The number of aromatic carboxylic acids is 1. The van der Waals surface area contributed by atoms with Gasteiger partial charge in [-0.25, -0.2) is 4.79 Å². The lowest BCUT2D eigenvalue weighted by atomic mass is 9.84. The predicted octanol–water partition coefficient (Wildman–Crippen LogP) is 2.77. The molecule has 2 rings (SSSR count). The topological polar surface area (TPSA) is 75.6 Å². The number of hydrogen-bond acceptors (Lipinski definition) is 3. The summed E-state index contributed by atoms with van der Waals surface area (Å²) < 4.78 is 5.64. The summed E-state index contributed by atoms with van der Waals surface area (Å²) in [5.41, 5.74) is 0.973. The van der Waals surface area contributed by atoms with Crippen LogP contribution in [0.3, 0.4) is 0 Å². The number of nitrogens with one attached hydrogen (secondary N) is 1. The fourth-order valence-electron chi connectivity index (χ4n) is 3.03. The molecule has 5 nitrogen and oxygen atoms in total. The van der Waals surface area contributed by atoms with E-state index < -0.39 is 5.97 Å². The Labute approximate surface area is 130 Å². The van der Waals surface area contributed by atoms with Gasteiger partial charge in [-0.3, -0.25) is 4.79 Å². The number of benzene rings is 1. The van der Waals surface area contributed by atoms with Crippen LogP contribution in [0.5, 0.6) is 0 Å². The van der Waals surface area contributed by atoms with Gasteiger partial charge in [0.25, 0.3) is 5.91 Å². The van der Waals surface area contributed by atoms with Crippen LogP contribution in [-0.4, -0.2) is 36.2 Å². The van der Waals surface area contributed by atoms with Crippen LogP contribution in [0.4, 0.5) is 0 Å². The molecule has 22 heavy (non-hydrogen) atoms. The first-order chi connectivity index (χ1) is 10.5. The lowest BCUT2D eigenvalue weighted by Gasteiger charge is -2.36. The highest BCUT2D eigenvalue weighted by Gasteiger charge is 2.32. The third kappa shape index (κ3) is 3.85. The third-order valence-corrected chi connectivity index (χ3v) is 4.36. The van der Waals surface area contributed by atoms with Crippen molar-refractivity contribution in [2.45, 2.75) is 44.6 Å². The Morgan fingerprint density at radius 1 is 1.18 bits per heavy atom. The van der Waals surface area contributed by atoms with Crippen molar-refractivity contribution < 1.29 is 19.4 Å². The highest BCUT2D eigenvalue weighted by molar-refractivity contribution is 5.97. The van der Waals surface area contributed by atoms with Crippen molar-refractivity contribution in [1.82, 2.24) is 5.32 Å². The minimum Gasteiger partial charge on any atom is -0.478 e. The van der Waals surface area contributed by atoms with E-state index in [1.165, 1.54) is 12.5 Å². The number of carbonyl (C=O) groups excluding carboxylic acids is 1. The molecule has 0 heterocycles. The summed E-state index contributed by atoms with van der Waals surface area (Å²) in [4.78, 5) is 23.4. The molecule has 0 radical (unpaired) electrons. The molecule has 1 saturated carbocycles. The van der Waals surface area contributed by atoms with E-state index in [-0.39, 0.29) is 17.1 Å². The number of carboxylic acid groups (broad SMARTS) is 1. The molecule has 0 bridgehead atoms. The molecule has 1 aliphatic rings. The molecule has 0 atom stereocenters. The Morgan fingerprint density at radius 3 is 2.41 bits per heavy atom. The number of aryl methyl sites for hydroxylation is 1. The van der Waals surface area contributed by atoms with Gasteiger partial charge < -0.3 is 15.2 Å². The van der Waals surface area contributed by atoms with Crippen LogP contribution in [0.1, 0.15) is 58.4 Å². The summed E-state index contributed by atoms with van der Waals surface area (Å²) in [6.07, 6.45) is 5.31. The fraction of sp³-hybridized carbons (Fsp3) is 0.529. The van der Waals surface area contributed by atoms with E-state index in [1.54, 1.807) is 26.2 Å². The number of carboxylic acids is 1. The summed E-state index contributed by atoms with van der Waals surface area (Å²) >= 11 is 0. The molecule has 0 aliphatic heterocycles. The standard InChI is InChI=1S/C17H23NO4/c1-12-8-13(10-14(9-12)16(20)21)15(19)18-11-17(22-2)6-4-3-5-7-17/h8-10H,3-7,11H2,1-2H3,(H,18,19)(H,20,21). The minimum absolute atomic E-state index is 0.129. The number of amides is 1. The van der Waals surface area contributed by atoms with Gasteiger partial charge in [0.2, 0.25) is 0 Å². The van der Waals surface area contributed by atoms with Crippen molar-refractivity contribution in [3.63, 3.8) is 0 Å². The van der Waals surface area contributed by atoms with E-state index in [0.717, 1.165) is 31.2 Å².